The van der Waals surface area contributed by atoms with Crippen LogP contribution in [0.5, 0.6) is 0 Å². The molecule has 0 fully saturated rings. The van der Waals surface area contributed by atoms with Gasteiger partial charge in [-0.25, -0.2) is 4.99 Å². The van der Waals surface area contributed by atoms with Crippen LogP contribution < -0.4 is 0 Å². The number of rotatable bonds is 2. The maximum absolute atomic E-state index is 3.98. The number of aromatic nitrogens is 2. The maximum atomic E-state index is 3.98. The third kappa shape index (κ3) is 1.57. The molecule has 1 N–H and O–H groups in total. The average Bonchev–Trinajstić information content (AvgIpc) is 2.67. The summed E-state index contributed by atoms with van der Waals surface area (Å²) in [6, 6.07) is 10.1. The zero-order valence-corrected chi connectivity index (χ0v) is 7.99. The van der Waals surface area contributed by atoms with Crippen LogP contribution in [0.1, 0.15) is 5.56 Å². The Balaban J connectivity index is 2.39. The Labute approximate surface area is 82.5 Å². The second-order valence-electron chi connectivity index (χ2n) is 3.16. The summed E-state index contributed by atoms with van der Waals surface area (Å²) in [5, 5.41) is 6.89. The van der Waals surface area contributed by atoms with Gasteiger partial charge in [-0.1, -0.05) is 29.8 Å². The molecule has 2 aromatic rings. The highest BCUT2D eigenvalue weighted by Crippen LogP contribution is 2.20. The molecule has 0 aliphatic carbocycles. The quantitative estimate of drug-likeness (QED) is 0.718. The Morgan fingerprint density at radius 1 is 1.29 bits per heavy atom. The molecule has 1 aromatic carbocycles. The number of nitrogens with one attached hydrogen (secondary N) is 1. The SMILES string of the molecule is C=Nc1cc(-c2ccc(C)cc2)[nH]n1. The van der Waals surface area contributed by atoms with Gasteiger partial charge in [-0.05, 0) is 19.2 Å². The lowest BCUT2D eigenvalue weighted by Gasteiger charge is -1.96. The molecule has 0 atom stereocenters. The summed E-state index contributed by atoms with van der Waals surface area (Å²) in [4.78, 5) is 3.74. The molecule has 0 aliphatic heterocycles. The molecule has 0 radical (unpaired) electrons. The minimum absolute atomic E-state index is 0.626. The van der Waals surface area contributed by atoms with E-state index in [0.717, 1.165) is 11.3 Å². The van der Waals surface area contributed by atoms with E-state index in [0.29, 0.717) is 5.82 Å². The Kier molecular flexibility index (Phi) is 2.14. The number of benzene rings is 1. The summed E-state index contributed by atoms with van der Waals surface area (Å²) in [5.74, 6) is 0.626. The molecule has 0 bridgehead atoms. The van der Waals surface area contributed by atoms with Crippen molar-refractivity contribution in [3.63, 3.8) is 0 Å². The van der Waals surface area contributed by atoms with E-state index in [-0.39, 0.29) is 0 Å². The first-order valence-corrected chi connectivity index (χ1v) is 4.39. The fourth-order valence-corrected chi connectivity index (χ4v) is 1.27. The number of hydrogen-bond acceptors (Lipinski definition) is 2. The van der Waals surface area contributed by atoms with E-state index in [1.165, 1.54) is 5.56 Å². The number of nitrogens with zero attached hydrogens (tertiary/aromatic N) is 2. The minimum atomic E-state index is 0.626. The van der Waals surface area contributed by atoms with Crippen LogP contribution in [0.2, 0.25) is 0 Å². The van der Waals surface area contributed by atoms with Crippen molar-refractivity contribution in [3.05, 3.63) is 35.9 Å². The lowest BCUT2D eigenvalue weighted by Crippen LogP contribution is -1.77. The Hall–Kier alpha value is -1.90. The number of aromatic amines is 1. The van der Waals surface area contributed by atoms with Gasteiger partial charge in [-0.3, -0.25) is 5.10 Å². The van der Waals surface area contributed by atoms with Crippen molar-refractivity contribution in [1.29, 1.82) is 0 Å². The van der Waals surface area contributed by atoms with Gasteiger partial charge in [-0.2, -0.15) is 5.10 Å². The summed E-state index contributed by atoms with van der Waals surface area (Å²) in [5.41, 5.74) is 3.32. The fourth-order valence-electron chi connectivity index (χ4n) is 1.27. The van der Waals surface area contributed by atoms with Gasteiger partial charge >= 0.3 is 0 Å². The normalized spacial score (nSPS) is 10.1. The van der Waals surface area contributed by atoms with Gasteiger partial charge in [-0.15, -0.1) is 0 Å². The van der Waals surface area contributed by atoms with Crippen LogP contribution >= 0.6 is 0 Å². The largest absolute Gasteiger partial charge is 0.276 e. The van der Waals surface area contributed by atoms with Crippen molar-refractivity contribution in [2.45, 2.75) is 6.92 Å². The third-order valence-corrected chi connectivity index (χ3v) is 2.09. The number of hydrogen-bond donors (Lipinski definition) is 1. The highest BCUT2D eigenvalue weighted by atomic mass is 15.2. The van der Waals surface area contributed by atoms with Crippen LogP contribution in [0.3, 0.4) is 0 Å². The average molecular weight is 185 g/mol. The van der Waals surface area contributed by atoms with Gasteiger partial charge in [0, 0.05) is 6.07 Å². The molecular weight excluding hydrogens is 174 g/mol. The Morgan fingerprint density at radius 3 is 2.57 bits per heavy atom. The lowest BCUT2D eigenvalue weighted by molar-refractivity contribution is 1.09. The maximum Gasteiger partial charge on any atom is 0.173 e. The first-order valence-electron chi connectivity index (χ1n) is 4.39. The van der Waals surface area contributed by atoms with E-state index < -0.39 is 0 Å². The van der Waals surface area contributed by atoms with Gasteiger partial charge in [0.05, 0.1) is 5.69 Å². The van der Waals surface area contributed by atoms with Gasteiger partial charge < -0.3 is 0 Å². The molecule has 0 aliphatic rings. The first-order chi connectivity index (χ1) is 6.79. The fraction of sp³-hybridized carbons (Fsp3) is 0.0909. The van der Waals surface area contributed by atoms with Crippen LogP contribution in [0, 0.1) is 6.92 Å². The molecule has 0 saturated heterocycles. The van der Waals surface area contributed by atoms with Crippen molar-refractivity contribution in [2.75, 3.05) is 0 Å². The molecule has 1 heterocycles. The molecular formula is C11H11N3. The van der Waals surface area contributed by atoms with Crippen molar-refractivity contribution < 1.29 is 0 Å². The predicted octanol–water partition coefficient (Wildman–Crippen LogP) is 2.72. The molecule has 3 heteroatoms. The highest BCUT2D eigenvalue weighted by Gasteiger charge is 2.00. The summed E-state index contributed by atoms with van der Waals surface area (Å²) >= 11 is 0. The van der Waals surface area contributed by atoms with E-state index in [4.69, 9.17) is 0 Å². The molecule has 70 valence electrons. The van der Waals surface area contributed by atoms with Gasteiger partial charge in [0.25, 0.3) is 0 Å². The van der Waals surface area contributed by atoms with Crippen molar-refractivity contribution in [1.82, 2.24) is 10.2 Å². The van der Waals surface area contributed by atoms with Gasteiger partial charge in [0.15, 0.2) is 5.82 Å². The molecule has 14 heavy (non-hydrogen) atoms. The summed E-state index contributed by atoms with van der Waals surface area (Å²) < 4.78 is 0. The summed E-state index contributed by atoms with van der Waals surface area (Å²) in [7, 11) is 0. The van der Waals surface area contributed by atoms with Gasteiger partial charge in [0.1, 0.15) is 0 Å². The summed E-state index contributed by atoms with van der Waals surface area (Å²) in [6.07, 6.45) is 0. The lowest BCUT2D eigenvalue weighted by atomic mass is 10.1. The number of aliphatic imine (C=N–C) groups is 1. The van der Waals surface area contributed by atoms with Crippen LogP contribution in [-0.4, -0.2) is 16.9 Å². The predicted molar refractivity (Wildman–Crippen MR) is 58.0 cm³/mol. The van der Waals surface area contributed by atoms with Crippen molar-refractivity contribution >= 4 is 12.5 Å². The Morgan fingerprint density at radius 2 is 2.00 bits per heavy atom. The molecule has 0 amide bonds. The smallest absolute Gasteiger partial charge is 0.173 e. The molecule has 0 saturated carbocycles. The zero-order chi connectivity index (χ0) is 9.97. The molecule has 3 nitrogen and oxygen atoms in total. The topological polar surface area (TPSA) is 41.0 Å². The van der Waals surface area contributed by atoms with Crippen LogP contribution in [0.15, 0.2) is 35.3 Å². The second kappa shape index (κ2) is 3.46. The number of aryl methyl sites for hydroxylation is 1. The minimum Gasteiger partial charge on any atom is -0.276 e. The van der Waals surface area contributed by atoms with E-state index in [1.807, 2.05) is 6.07 Å². The van der Waals surface area contributed by atoms with E-state index in [1.54, 1.807) is 0 Å². The van der Waals surface area contributed by atoms with E-state index in [2.05, 4.69) is 53.1 Å². The van der Waals surface area contributed by atoms with E-state index >= 15 is 0 Å². The van der Waals surface area contributed by atoms with Gasteiger partial charge in [0.2, 0.25) is 0 Å². The monoisotopic (exact) mass is 185 g/mol. The third-order valence-electron chi connectivity index (χ3n) is 2.09. The van der Waals surface area contributed by atoms with E-state index in [9.17, 15) is 0 Å². The molecule has 0 unspecified atom stereocenters. The van der Waals surface area contributed by atoms with Crippen LogP contribution in [-0.2, 0) is 0 Å². The standard InChI is InChI=1S/C11H11N3/c1-8-3-5-9(6-4-8)10-7-11(12-2)14-13-10/h3-7H,2H2,1H3,(H,13,14). The molecule has 0 spiro atoms. The zero-order valence-electron chi connectivity index (χ0n) is 7.99. The van der Waals surface area contributed by atoms with Crippen molar-refractivity contribution in [3.8, 4) is 11.3 Å². The van der Waals surface area contributed by atoms with Crippen molar-refractivity contribution in [2.24, 2.45) is 4.99 Å². The highest BCUT2D eigenvalue weighted by molar-refractivity contribution is 5.62. The first kappa shape index (κ1) is 8.69. The second-order valence-corrected chi connectivity index (χ2v) is 3.16. The van der Waals surface area contributed by atoms with Crippen LogP contribution in [0.25, 0.3) is 11.3 Å². The Bertz CT molecular complexity index is 440. The molecule has 1 aromatic heterocycles. The number of H-pyrrole nitrogens is 1. The van der Waals surface area contributed by atoms with Crippen LogP contribution in [0.4, 0.5) is 5.82 Å². The molecule has 2 rings (SSSR count). The summed E-state index contributed by atoms with van der Waals surface area (Å²) in [6.45, 7) is 5.48.